The molecule has 0 heterocycles. The van der Waals surface area contributed by atoms with Crippen molar-refractivity contribution in [2.45, 2.75) is 66.7 Å². The Labute approximate surface area is 172 Å². The molecule has 0 unspecified atom stereocenters. The molecule has 0 bridgehead atoms. The van der Waals surface area contributed by atoms with E-state index in [1.54, 1.807) is 6.92 Å². The Morgan fingerprint density at radius 3 is 2.54 bits per heavy atom. The molecule has 5 heteroatoms. The molecule has 1 aliphatic carbocycles. The van der Waals surface area contributed by atoms with Crippen molar-refractivity contribution in [3.63, 3.8) is 0 Å². The van der Waals surface area contributed by atoms with Gasteiger partial charge in [-0.1, -0.05) is 44.0 Å². The van der Waals surface area contributed by atoms with E-state index in [0.29, 0.717) is 30.0 Å². The van der Waals surface area contributed by atoms with E-state index in [2.05, 4.69) is 13.8 Å². The highest BCUT2D eigenvalue weighted by molar-refractivity contribution is 6.33. The molecule has 28 heavy (non-hydrogen) atoms. The van der Waals surface area contributed by atoms with Gasteiger partial charge < -0.3 is 10.2 Å². The van der Waals surface area contributed by atoms with Gasteiger partial charge in [-0.25, -0.2) is 0 Å². The molecule has 3 atom stereocenters. The van der Waals surface area contributed by atoms with Crippen molar-refractivity contribution < 1.29 is 19.8 Å². The lowest BCUT2D eigenvalue weighted by atomic mass is 9.59. The van der Waals surface area contributed by atoms with Gasteiger partial charge in [0.05, 0.1) is 10.6 Å². The second-order valence-corrected chi connectivity index (χ2v) is 8.91. The summed E-state index contributed by atoms with van der Waals surface area (Å²) in [7, 11) is 0. The van der Waals surface area contributed by atoms with Gasteiger partial charge >= 0.3 is 0 Å². The average Bonchev–Trinajstić information content (AvgIpc) is 2.66. The molecule has 0 radical (unpaired) electrons. The summed E-state index contributed by atoms with van der Waals surface area (Å²) in [6, 6.07) is 0. The molecule has 0 aromatic heterocycles. The van der Waals surface area contributed by atoms with Crippen LogP contribution >= 0.6 is 11.6 Å². The van der Waals surface area contributed by atoms with Gasteiger partial charge in [0.1, 0.15) is 17.3 Å². The molecule has 1 saturated carbocycles. The predicted octanol–water partition coefficient (Wildman–Crippen LogP) is 5.78. The number of ketones is 1. The van der Waals surface area contributed by atoms with E-state index in [1.165, 1.54) is 0 Å². The van der Waals surface area contributed by atoms with Gasteiger partial charge in [-0.05, 0) is 56.4 Å². The Bertz CT molecular complexity index is 812. The second-order valence-electron chi connectivity index (χ2n) is 8.53. The van der Waals surface area contributed by atoms with Crippen molar-refractivity contribution in [1.29, 1.82) is 0 Å². The monoisotopic (exact) mass is 406 g/mol. The number of phenols is 2. The maximum Gasteiger partial charge on any atom is 0.154 e. The number of allylic oxidation sites excluding steroid dienone is 2. The number of carbonyl (C=O) groups excluding carboxylic acids is 2. The second kappa shape index (κ2) is 8.69. The minimum atomic E-state index is -0.217. The summed E-state index contributed by atoms with van der Waals surface area (Å²) in [5, 5.41) is 20.7. The van der Waals surface area contributed by atoms with Gasteiger partial charge in [-0.15, -0.1) is 0 Å². The fourth-order valence-electron chi connectivity index (χ4n) is 4.23. The van der Waals surface area contributed by atoms with E-state index in [9.17, 15) is 19.8 Å². The number of Topliss-reactive ketones (excluding diaryl/α,β-unsaturated/α-hetero) is 1. The smallest absolute Gasteiger partial charge is 0.154 e. The number of aldehydes is 1. The summed E-state index contributed by atoms with van der Waals surface area (Å²) < 4.78 is 0. The molecule has 0 spiro atoms. The number of hydrogen-bond donors (Lipinski definition) is 2. The topological polar surface area (TPSA) is 74.6 Å². The van der Waals surface area contributed by atoms with Crippen molar-refractivity contribution in [2.24, 2.45) is 17.3 Å². The van der Waals surface area contributed by atoms with Gasteiger partial charge in [-0.2, -0.15) is 0 Å². The van der Waals surface area contributed by atoms with Crippen LogP contribution in [0.3, 0.4) is 0 Å². The van der Waals surface area contributed by atoms with Crippen molar-refractivity contribution in [1.82, 2.24) is 0 Å². The highest BCUT2D eigenvalue weighted by Gasteiger charge is 2.42. The zero-order chi connectivity index (χ0) is 21.2. The van der Waals surface area contributed by atoms with Gasteiger partial charge in [-0.3, -0.25) is 9.59 Å². The molecule has 0 amide bonds. The molecule has 0 saturated heterocycles. The first kappa shape index (κ1) is 22.5. The molecule has 2 rings (SSSR count). The summed E-state index contributed by atoms with van der Waals surface area (Å²) in [5.41, 5.74) is 1.83. The van der Waals surface area contributed by atoms with Crippen LogP contribution in [0.1, 0.15) is 74.9 Å². The Morgan fingerprint density at radius 1 is 1.29 bits per heavy atom. The molecular weight excluding hydrogens is 376 g/mol. The lowest BCUT2D eigenvalue weighted by Crippen LogP contribution is -2.41. The largest absolute Gasteiger partial charge is 0.507 e. The van der Waals surface area contributed by atoms with Gasteiger partial charge in [0.25, 0.3) is 0 Å². The maximum absolute atomic E-state index is 12.2. The summed E-state index contributed by atoms with van der Waals surface area (Å²) in [6.07, 6.45) is 6.15. The van der Waals surface area contributed by atoms with Gasteiger partial charge in [0.2, 0.25) is 0 Å². The van der Waals surface area contributed by atoms with E-state index < -0.39 is 0 Å². The third kappa shape index (κ3) is 4.12. The Morgan fingerprint density at radius 2 is 1.93 bits per heavy atom. The molecule has 1 fully saturated rings. The highest BCUT2D eigenvalue weighted by Crippen LogP contribution is 2.47. The third-order valence-corrected chi connectivity index (χ3v) is 7.48. The molecule has 4 nitrogen and oxygen atoms in total. The number of halogens is 1. The van der Waals surface area contributed by atoms with Crippen LogP contribution in [0.2, 0.25) is 5.02 Å². The zero-order valence-corrected chi connectivity index (χ0v) is 18.2. The third-order valence-electron chi connectivity index (χ3n) is 7.02. The van der Waals surface area contributed by atoms with Crippen LogP contribution in [0.15, 0.2) is 11.6 Å². The quantitative estimate of drug-likeness (QED) is 0.463. The maximum atomic E-state index is 12.2. The average molecular weight is 407 g/mol. The van der Waals surface area contributed by atoms with Crippen molar-refractivity contribution >= 4 is 23.7 Å². The molecule has 0 aliphatic heterocycles. The highest BCUT2D eigenvalue weighted by atomic mass is 35.5. The van der Waals surface area contributed by atoms with E-state index in [-0.39, 0.29) is 45.4 Å². The standard InChI is InChI=1S/C23H31ClO4/c1-13(10-11-23(5)14(2)7-9-19(26)16(23)4)6-8-17-21(27)18(12-25)15(3)20(24)22(17)28/h6,12,14,16,27-28H,7-11H2,1-5H3/t14-,16-,23+/m1/s1. The number of aromatic hydroxyl groups is 2. The SMILES string of the molecule is CC(=CCc1c(O)c(Cl)c(C)c(C=O)c1O)CC[C@@]1(C)[C@H](C)CCC(=O)[C@H]1C. The number of carbonyl (C=O) groups is 2. The van der Waals surface area contributed by atoms with Gasteiger partial charge in [0, 0.05) is 17.9 Å². The molecule has 1 aromatic rings. The molecular formula is C23H31ClO4. The summed E-state index contributed by atoms with van der Waals surface area (Å²) in [6.45, 7) is 10.1. The minimum Gasteiger partial charge on any atom is -0.507 e. The van der Waals surface area contributed by atoms with Crippen LogP contribution in [-0.2, 0) is 11.2 Å². The number of hydrogen-bond acceptors (Lipinski definition) is 4. The van der Waals surface area contributed by atoms with Gasteiger partial charge in [0.15, 0.2) is 6.29 Å². The first-order chi connectivity index (χ1) is 13.0. The first-order valence-corrected chi connectivity index (χ1v) is 10.3. The minimum absolute atomic E-state index is 0.0213. The van der Waals surface area contributed by atoms with Crippen molar-refractivity contribution in [3.05, 3.63) is 33.4 Å². The van der Waals surface area contributed by atoms with Crippen molar-refractivity contribution in [2.75, 3.05) is 0 Å². The Hall–Kier alpha value is -1.81. The Kier molecular flexibility index (Phi) is 6.97. The van der Waals surface area contributed by atoms with E-state index in [4.69, 9.17) is 11.6 Å². The first-order valence-electron chi connectivity index (χ1n) is 9.90. The summed E-state index contributed by atoms with van der Waals surface area (Å²) in [5.74, 6) is 0.507. The van der Waals surface area contributed by atoms with Crippen molar-refractivity contribution in [3.8, 4) is 11.5 Å². The van der Waals surface area contributed by atoms with Crippen LogP contribution in [0.4, 0.5) is 0 Å². The fourth-order valence-corrected chi connectivity index (χ4v) is 4.44. The Balaban J connectivity index is 2.17. The lowest BCUT2D eigenvalue weighted by Gasteiger charge is -2.44. The van der Waals surface area contributed by atoms with Crippen LogP contribution < -0.4 is 0 Å². The predicted molar refractivity (Wildman–Crippen MR) is 112 cm³/mol. The molecule has 154 valence electrons. The summed E-state index contributed by atoms with van der Waals surface area (Å²) in [4.78, 5) is 23.5. The van der Waals surface area contributed by atoms with E-state index in [1.807, 2.05) is 19.9 Å². The van der Waals surface area contributed by atoms with Crippen LogP contribution in [0, 0.1) is 24.2 Å². The van der Waals surface area contributed by atoms with Crippen LogP contribution in [-0.4, -0.2) is 22.3 Å². The van der Waals surface area contributed by atoms with E-state index in [0.717, 1.165) is 24.8 Å². The molecule has 1 aromatic carbocycles. The van der Waals surface area contributed by atoms with E-state index >= 15 is 0 Å². The number of rotatable bonds is 6. The summed E-state index contributed by atoms with van der Waals surface area (Å²) >= 11 is 6.11. The van der Waals surface area contributed by atoms with Crippen LogP contribution in [0.25, 0.3) is 0 Å². The number of benzene rings is 1. The fraction of sp³-hybridized carbons (Fsp3) is 0.565. The zero-order valence-electron chi connectivity index (χ0n) is 17.4. The van der Waals surface area contributed by atoms with Crippen LogP contribution in [0.5, 0.6) is 11.5 Å². The lowest BCUT2D eigenvalue weighted by molar-refractivity contribution is -0.132. The molecule has 2 N–H and O–H groups in total. The molecule has 1 aliphatic rings. The normalized spacial score (nSPS) is 25.8. The number of phenolic OH excluding ortho intramolecular Hbond substituents is 2.